The van der Waals surface area contributed by atoms with Crippen LogP contribution < -0.4 is 4.72 Å². The Labute approximate surface area is 141 Å². The first-order chi connectivity index (χ1) is 10.4. The number of hydrogen-bond acceptors (Lipinski definition) is 4. The molecule has 2 rings (SSSR count). The van der Waals surface area contributed by atoms with E-state index in [-0.39, 0.29) is 4.21 Å². The summed E-state index contributed by atoms with van der Waals surface area (Å²) in [7, 11) is -3.55. The quantitative estimate of drug-likeness (QED) is 0.724. The summed E-state index contributed by atoms with van der Waals surface area (Å²) in [5, 5.41) is 9.05. The standard InChI is InChI=1S/C15H22ClNO3S2/c1-12(11-18)7-10-15(8-3-2-4-9-15)17-22(19,20)14-6-5-13(16)21-14/h5-6,11,17-18H,2-4,7-10H2,1H3. The zero-order valence-electron chi connectivity index (χ0n) is 12.6. The maximum atomic E-state index is 12.6. The van der Waals surface area contributed by atoms with Gasteiger partial charge in [-0.25, -0.2) is 13.1 Å². The van der Waals surface area contributed by atoms with Gasteiger partial charge in [0.05, 0.1) is 10.6 Å². The molecule has 1 aliphatic carbocycles. The van der Waals surface area contributed by atoms with E-state index in [0.29, 0.717) is 17.2 Å². The molecule has 0 aliphatic heterocycles. The van der Waals surface area contributed by atoms with Gasteiger partial charge in [-0.1, -0.05) is 30.9 Å². The first-order valence-electron chi connectivity index (χ1n) is 7.46. The largest absolute Gasteiger partial charge is 0.516 e. The second-order valence-electron chi connectivity index (χ2n) is 5.98. The number of aliphatic hydroxyl groups excluding tert-OH is 1. The van der Waals surface area contributed by atoms with Crippen LogP contribution >= 0.6 is 22.9 Å². The topological polar surface area (TPSA) is 66.4 Å². The van der Waals surface area contributed by atoms with E-state index in [1.165, 1.54) is 0 Å². The van der Waals surface area contributed by atoms with Crippen molar-refractivity contribution in [2.24, 2.45) is 0 Å². The molecule has 1 aliphatic rings. The van der Waals surface area contributed by atoms with Crippen molar-refractivity contribution in [3.05, 3.63) is 28.3 Å². The Morgan fingerprint density at radius 2 is 2.09 bits per heavy atom. The highest BCUT2D eigenvalue weighted by atomic mass is 35.5. The van der Waals surface area contributed by atoms with Crippen molar-refractivity contribution in [2.45, 2.75) is 61.6 Å². The Hall–Kier alpha value is -0.560. The van der Waals surface area contributed by atoms with Crippen LogP contribution in [0.1, 0.15) is 51.9 Å². The lowest BCUT2D eigenvalue weighted by molar-refractivity contribution is 0.251. The molecule has 1 fully saturated rings. The molecule has 0 atom stereocenters. The summed E-state index contributed by atoms with van der Waals surface area (Å²) in [4.78, 5) is 0. The molecule has 22 heavy (non-hydrogen) atoms. The van der Waals surface area contributed by atoms with Crippen molar-refractivity contribution in [3.63, 3.8) is 0 Å². The second-order valence-corrected chi connectivity index (χ2v) is 9.60. The highest BCUT2D eigenvalue weighted by molar-refractivity contribution is 7.91. The number of sulfonamides is 1. The fourth-order valence-electron chi connectivity index (χ4n) is 2.91. The van der Waals surface area contributed by atoms with Crippen molar-refractivity contribution < 1.29 is 13.5 Å². The monoisotopic (exact) mass is 363 g/mol. The predicted octanol–water partition coefficient (Wildman–Crippen LogP) is 4.62. The number of allylic oxidation sites excluding steroid dienone is 1. The number of nitrogens with one attached hydrogen (secondary N) is 1. The van der Waals surface area contributed by atoms with Gasteiger partial charge in [0.1, 0.15) is 4.21 Å². The lowest BCUT2D eigenvalue weighted by Crippen LogP contribution is -2.49. The molecular weight excluding hydrogens is 342 g/mol. The third-order valence-corrected chi connectivity index (χ3v) is 7.49. The molecule has 0 bridgehead atoms. The fraction of sp³-hybridized carbons (Fsp3) is 0.600. The van der Waals surface area contributed by atoms with Crippen LogP contribution in [0.3, 0.4) is 0 Å². The number of rotatable bonds is 6. The molecule has 0 unspecified atom stereocenters. The van der Waals surface area contributed by atoms with Gasteiger partial charge in [0.2, 0.25) is 0 Å². The summed E-state index contributed by atoms with van der Waals surface area (Å²) >= 11 is 6.93. The first-order valence-corrected chi connectivity index (χ1v) is 10.1. The minimum Gasteiger partial charge on any atom is -0.516 e. The maximum Gasteiger partial charge on any atom is 0.250 e. The van der Waals surface area contributed by atoms with E-state index in [0.717, 1.165) is 55.3 Å². The zero-order chi connectivity index (χ0) is 16.2. The molecular formula is C15H22ClNO3S2. The van der Waals surface area contributed by atoms with Gasteiger partial charge in [-0.05, 0) is 50.3 Å². The Morgan fingerprint density at radius 1 is 1.41 bits per heavy atom. The lowest BCUT2D eigenvalue weighted by Gasteiger charge is -2.38. The minimum absolute atomic E-state index is 0.261. The van der Waals surface area contributed by atoms with Gasteiger partial charge < -0.3 is 5.11 Å². The molecule has 4 nitrogen and oxygen atoms in total. The molecule has 7 heteroatoms. The molecule has 0 aromatic carbocycles. The van der Waals surface area contributed by atoms with Crippen LogP contribution in [0, 0.1) is 0 Å². The normalized spacial score (nSPS) is 19.3. The van der Waals surface area contributed by atoms with Gasteiger partial charge in [-0.3, -0.25) is 0 Å². The van der Waals surface area contributed by atoms with Crippen LogP contribution in [0.15, 0.2) is 28.2 Å². The molecule has 1 saturated carbocycles. The molecule has 0 saturated heterocycles. The van der Waals surface area contributed by atoms with Crippen LogP contribution in [-0.2, 0) is 10.0 Å². The van der Waals surface area contributed by atoms with Crippen molar-refractivity contribution in [3.8, 4) is 0 Å². The minimum atomic E-state index is -3.55. The van der Waals surface area contributed by atoms with Crippen molar-refractivity contribution in [2.75, 3.05) is 0 Å². The highest BCUT2D eigenvalue weighted by Crippen LogP contribution is 2.35. The molecule has 2 N–H and O–H groups in total. The molecule has 1 aromatic heterocycles. The average molecular weight is 364 g/mol. The van der Waals surface area contributed by atoms with E-state index in [1.54, 1.807) is 12.1 Å². The van der Waals surface area contributed by atoms with Gasteiger partial charge in [0.15, 0.2) is 0 Å². The molecule has 1 heterocycles. The van der Waals surface area contributed by atoms with Gasteiger partial charge in [0, 0.05) is 5.54 Å². The van der Waals surface area contributed by atoms with Gasteiger partial charge in [-0.15, -0.1) is 11.3 Å². The van der Waals surface area contributed by atoms with Crippen LogP contribution in [0.2, 0.25) is 4.34 Å². The van der Waals surface area contributed by atoms with Crippen LogP contribution in [0.4, 0.5) is 0 Å². The smallest absolute Gasteiger partial charge is 0.250 e. The van der Waals surface area contributed by atoms with E-state index in [2.05, 4.69) is 4.72 Å². The van der Waals surface area contributed by atoms with Gasteiger partial charge in [0.25, 0.3) is 10.0 Å². The summed E-state index contributed by atoms with van der Waals surface area (Å²) in [6.45, 7) is 1.85. The molecule has 0 amide bonds. The summed E-state index contributed by atoms with van der Waals surface area (Å²) in [6, 6.07) is 3.15. The lowest BCUT2D eigenvalue weighted by atomic mass is 9.79. The van der Waals surface area contributed by atoms with Crippen molar-refractivity contribution in [1.82, 2.24) is 4.72 Å². The van der Waals surface area contributed by atoms with E-state index in [1.807, 2.05) is 6.92 Å². The average Bonchev–Trinajstić information content (AvgIpc) is 2.93. The zero-order valence-corrected chi connectivity index (χ0v) is 15.0. The molecule has 124 valence electrons. The Kier molecular flexibility index (Phi) is 5.94. The SMILES string of the molecule is CC(=CO)CCC1(NS(=O)(=O)c2ccc(Cl)s2)CCCCC1. The van der Waals surface area contributed by atoms with Crippen LogP contribution in [0.25, 0.3) is 0 Å². The maximum absolute atomic E-state index is 12.6. The Morgan fingerprint density at radius 3 is 2.64 bits per heavy atom. The molecule has 1 aromatic rings. The molecule has 0 spiro atoms. The molecule has 0 radical (unpaired) electrons. The predicted molar refractivity (Wildman–Crippen MR) is 91.1 cm³/mol. The summed E-state index contributed by atoms with van der Waals surface area (Å²) in [5.41, 5.74) is 0.445. The van der Waals surface area contributed by atoms with Crippen molar-refractivity contribution in [1.29, 1.82) is 0 Å². The Bertz CT molecular complexity index is 631. The third kappa shape index (κ3) is 4.47. The summed E-state index contributed by atoms with van der Waals surface area (Å²) < 4.78 is 28.9. The van der Waals surface area contributed by atoms with E-state index in [4.69, 9.17) is 16.7 Å². The van der Waals surface area contributed by atoms with Crippen LogP contribution in [-0.4, -0.2) is 19.1 Å². The first kappa shape index (κ1) is 17.8. The summed E-state index contributed by atoms with van der Waals surface area (Å²) in [6.07, 6.45) is 7.35. The van der Waals surface area contributed by atoms with Crippen molar-refractivity contribution >= 4 is 33.0 Å². The van der Waals surface area contributed by atoms with Crippen LogP contribution in [0.5, 0.6) is 0 Å². The van der Waals surface area contributed by atoms with Gasteiger partial charge >= 0.3 is 0 Å². The Balaban J connectivity index is 2.18. The fourth-order valence-corrected chi connectivity index (χ4v) is 5.88. The number of thiophene rings is 1. The van der Waals surface area contributed by atoms with E-state index in [9.17, 15) is 8.42 Å². The second kappa shape index (κ2) is 7.34. The highest BCUT2D eigenvalue weighted by Gasteiger charge is 2.36. The van der Waals surface area contributed by atoms with Gasteiger partial charge in [-0.2, -0.15) is 0 Å². The van der Waals surface area contributed by atoms with E-state index < -0.39 is 15.6 Å². The van der Waals surface area contributed by atoms with E-state index >= 15 is 0 Å². The third-order valence-electron chi connectivity index (χ3n) is 4.19. The number of aliphatic hydroxyl groups is 1. The number of hydrogen-bond donors (Lipinski definition) is 2. The number of halogens is 1. The summed E-state index contributed by atoms with van der Waals surface area (Å²) in [5.74, 6) is 0.